The molecule has 0 aromatic heterocycles. The van der Waals surface area contributed by atoms with E-state index in [1.807, 2.05) is 48.5 Å². The number of para-hydroxylation sites is 2. The maximum atomic E-state index is 12.8. The summed E-state index contributed by atoms with van der Waals surface area (Å²) in [5.74, 6) is 0.732. The third-order valence-electron chi connectivity index (χ3n) is 4.28. The number of hydrogen-bond donors (Lipinski definition) is 1. The summed E-state index contributed by atoms with van der Waals surface area (Å²) < 4.78 is 12.0. The van der Waals surface area contributed by atoms with Gasteiger partial charge in [0.25, 0.3) is 5.91 Å². The van der Waals surface area contributed by atoms with Gasteiger partial charge in [-0.25, -0.2) is 5.43 Å². The van der Waals surface area contributed by atoms with Crippen molar-refractivity contribution in [1.82, 2.24) is 5.43 Å². The minimum Gasteiger partial charge on any atom is -0.477 e. The Morgan fingerprint density at radius 1 is 0.893 bits per heavy atom. The minimum absolute atomic E-state index is 0.395. The zero-order valence-electron chi connectivity index (χ0n) is 14.8. The summed E-state index contributed by atoms with van der Waals surface area (Å²) >= 11 is 5.87. The van der Waals surface area contributed by atoms with Crippen LogP contribution >= 0.6 is 11.6 Å². The minimum atomic E-state index is -0.875. The third kappa shape index (κ3) is 4.00. The summed E-state index contributed by atoms with van der Waals surface area (Å²) in [4.78, 5) is 12.8. The van der Waals surface area contributed by atoms with Crippen LogP contribution in [0.4, 0.5) is 0 Å². The van der Waals surface area contributed by atoms with Crippen LogP contribution in [0.2, 0.25) is 5.02 Å². The Bertz CT molecular complexity index is 990. The highest BCUT2D eigenvalue weighted by atomic mass is 35.5. The van der Waals surface area contributed by atoms with Crippen molar-refractivity contribution in [3.05, 3.63) is 95.0 Å². The molecule has 3 aromatic rings. The predicted molar refractivity (Wildman–Crippen MR) is 108 cm³/mol. The zero-order valence-corrected chi connectivity index (χ0v) is 15.5. The number of rotatable bonds is 4. The second kappa shape index (κ2) is 8.15. The topological polar surface area (TPSA) is 59.9 Å². The van der Waals surface area contributed by atoms with E-state index in [9.17, 15) is 4.79 Å². The molecule has 2 atom stereocenters. The van der Waals surface area contributed by atoms with Crippen LogP contribution in [0.1, 0.15) is 17.2 Å². The summed E-state index contributed by atoms with van der Waals surface area (Å²) in [6.45, 7) is 0. The molecule has 1 heterocycles. The molecule has 6 heteroatoms. The fourth-order valence-corrected chi connectivity index (χ4v) is 3.03. The Balaban J connectivity index is 1.54. The lowest BCUT2D eigenvalue weighted by molar-refractivity contribution is -0.134. The number of benzene rings is 3. The molecule has 4 rings (SSSR count). The Morgan fingerprint density at radius 2 is 1.54 bits per heavy atom. The highest BCUT2D eigenvalue weighted by Gasteiger charge is 2.38. The Kier molecular flexibility index (Phi) is 5.26. The normalized spacial score (nSPS) is 18.0. The number of hydrogen-bond acceptors (Lipinski definition) is 4. The largest absolute Gasteiger partial charge is 0.477 e. The molecule has 0 fully saturated rings. The quantitative estimate of drug-likeness (QED) is 0.529. The van der Waals surface area contributed by atoms with Crippen molar-refractivity contribution in [2.24, 2.45) is 5.10 Å². The van der Waals surface area contributed by atoms with E-state index in [1.165, 1.54) is 0 Å². The third-order valence-corrected chi connectivity index (χ3v) is 4.53. The number of carbonyl (C=O) groups excluding carboxylic acids is 1. The van der Waals surface area contributed by atoms with Crippen LogP contribution < -0.4 is 14.9 Å². The first-order valence-corrected chi connectivity index (χ1v) is 9.14. The molecule has 0 aliphatic carbocycles. The molecular weight excluding hydrogens is 376 g/mol. The number of ether oxygens (including phenoxy) is 2. The molecule has 1 aliphatic heterocycles. The molecule has 2 unspecified atom stereocenters. The van der Waals surface area contributed by atoms with E-state index in [0.717, 1.165) is 11.1 Å². The molecule has 5 nitrogen and oxygen atoms in total. The van der Waals surface area contributed by atoms with Gasteiger partial charge in [0.15, 0.2) is 17.6 Å². The van der Waals surface area contributed by atoms with E-state index in [0.29, 0.717) is 16.5 Å². The van der Waals surface area contributed by atoms with Crippen LogP contribution in [0.25, 0.3) is 0 Å². The SMILES string of the molecule is O=C(N/N=C/c1ccc(Cl)cc1)C1Oc2ccccc2OC1c1ccccc1. The Morgan fingerprint density at radius 3 is 2.25 bits per heavy atom. The number of fused-ring (bicyclic) bond motifs is 1. The lowest BCUT2D eigenvalue weighted by atomic mass is 10.0. The monoisotopic (exact) mass is 392 g/mol. The van der Waals surface area contributed by atoms with Crippen molar-refractivity contribution in [2.75, 3.05) is 0 Å². The second-order valence-corrected chi connectivity index (χ2v) is 6.66. The molecule has 28 heavy (non-hydrogen) atoms. The van der Waals surface area contributed by atoms with Gasteiger partial charge in [0.05, 0.1) is 6.21 Å². The number of amides is 1. The number of nitrogens with zero attached hydrogens (tertiary/aromatic N) is 1. The maximum absolute atomic E-state index is 12.8. The average Bonchev–Trinajstić information content (AvgIpc) is 2.75. The van der Waals surface area contributed by atoms with Gasteiger partial charge in [-0.1, -0.05) is 66.2 Å². The van der Waals surface area contributed by atoms with Crippen LogP contribution in [-0.4, -0.2) is 18.2 Å². The van der Waals surface area contributed by atoms with Gasteiger partial charge in [-0.15, -0.1) is 0 Å². The first kappa shape index (κ1) is 18.1. The van der Waals surface area contributed by atoms with Gasteiger partial charge in [-0.3, -0.25) is 4.79 Å². The molecule has 0 saturated heterocycles. The van der Waals surface area contributed by atoms with Crippen molar-refractivity contribution >= 4 is 23.7 Å². The molecule has 3 aromatic carbocycles. The number of halogens is 1. The zero-order chi connectivity index (χ0) is 19.3. The lowest BCUT2D eigenvalue weighted by Gasteiger charge is -2.32. The van der Waals surface area contributed by atoms with Crippen LogP contribution in [0.3, 0.4) is 0 Å². The average molecular weight is 393 g/mol. The number of carbonyl (C=O) groups is 1. The number of nitrogens with one attached hydrogen (secondary N) is 1. The van der Waals surface area contributed by atoms with E-state index in [-0.39, 0.29) is 0 Å². The van der Waals surface area contributed by atoms with E-state index in [1.54, 1.807) is 36.5 Å². The van der Waals surface area contributed by atoms with E-state index in [4.69, 9.17) is 21.1 Å². The fraction of sp³-hybridized carbons (Fsp3) is 0.0909. The predicted octanol–water partition coefficient (Wildman–Crippen LogP) is 4.37. The van der Waals surface area contributed by atoms with Gasteiger partial charge >= 0.3 is 0 Å². The summed E-state index contributed by atoms with van der Waals surface area (Å²) in [7, 11) is 0. The van der Waals surface area contributed by atoms with Crippen molar-refractivity contribution in [2.45, 2.75) is 12.2 Å². The standard InChI is InChI=1S/C22H17ClN2O3/c23-17-12-10-15(11-13-17)14-24-25-22(26)21-20(16-6-2-1-3-7-16)27-18-8-4-5-9-19(18)28-21/h1-14,20-21H,(H,25,26)/b24-14+. The summed E-state index contributed by atoms with van der Waals surface area (Å²) in [5.41, 5.74) is 4.20. The lowest BCUT2D eigenvalue weighted by Crippen LogP contribution is -2.44. The van der Waals surface area contributed by atoms with Gasteiger partial charge in [0, 0.05) is 5.02 Å². The summed E-state index contributed by atoms with van der Waals surface area (Å²) in [6, 6.07) is 23.9. The first-order chi connectivity index (χ1) is 13.7. The van der Waals surface area contributed by atoms with Crippen LogP contribution in [0.5, 0.6) is 11.5 Å². The summed E-state index contributed by atoms with van der Waals surface area (Å²) in [6.07, 6.45) is 0.0881. The highest BCUT2D eigenvalue weighted by molar-refractivity contribution is 6.30. The molecule has 0 bridgehead atoms. The molecule has 0 saturated carbocycles. The van der Waals surface area contributed by atoms with Crippen molar-refractivity contribution in [3.63, 3.8) is 0 Å². The van der Waals surface area contributed by atoms with E-state index < -0.39 is 18.1 Å². The maximum Gasteiger partial charge on any atom is 0.285 e. The van der Waals surface area contributed by atoms with Gasteiger partial charge < -0.3 is 9.47 Å². The Labute approximate surface area is 167 Å². The molecular formula is C22H17ClN2O3. The smallest absolute Gasteiger partial charge is 0.285 e. The van der Waals surface area contributed by atoms with E-state index in [2.05, 4.69) is 10.5 Å². The number of hydrazone groups is 1. The van der Waals surface area contributed by atoms with Crippen LogP contribution in [0, 0.1) is 0 Å². The van der Waals surface area contributed by atoms with Gasteiger partial charge in [-0.2, -0.15) is 5.10 Å². The fourth-order valence-electron chi connectivity index (χ4n) is 2.90. The van der Waals surface area contributed by atoms with Crippen molar-refractivity contribution in [1.29, 1.82) is 0 Å². The summed E-state index contributed by atoms with van der Waals surface area (Å²) in [5, 5.41) is 4.66. The molecule has 1 amide bonds. The molecule has 0 radical (unpaired) electrons. The van der Waals surface area contributed by atoms with Gasteiger partial charge in [-0.05, 0) is 35.4 Å². The Hall–Kier alpha value is -3.31. The van der Waals surface area contributed by atoms with Crippen LogP contribution in [-0.2, 0) is 4.79 Å². The van der Waals surface area contributed by atoms with Gasteiger partial charge in [0.1, 0.15) is 0 Å². The highest BCUT2D eigenvalue weighted by Crippen LogP contribution is 2.39. The van der Waals surface area contributed by atoms with Crippen molar-refractivity contribution < 1.29 is 14.3 Å². The van der Waals surface area contributed by atoms with Crippen molar-refractivity contribution in [3.8, 4) is 11.5 Å². The van der Waals surface area contributed by atoms with Gasteiger partial charge in [0.2, 0.25) is 6.10 Å². The second-order valence-electron chi connectivity index (χ2n) is 6.22. The van der Waals surface area contributed by atoms with Crippen LogP contribution in [0.15, 0.2) is 84.0 Å². The first-order valence-electron chi connectivity index (χ1n) is 8.76. The molecule has 1 N–H and O–H groups in total. The molecule has 1 aliphatic rings. The molecule has 140 valence electrons. The van der Waals surface area contributed by atoms with E-state index >= 15 is 0 Å². The molecule has 0 spiro atoms.